The first kappa shape index (κ1) is 18.0. The Morgan fingerprint density at radius 1 is 1.32 bits per heavy atom. The van der Waals surface area contributed by atoms with Gasteiger partial charge < -0.3 is 19.7 Å². The molecule has 0 aliphatic carbocycles. The van der Waals surface area contributed by atoms with Gasteiger partial charge in [0.2, 0.25) is 0 Å². The highest BCUT2D eigenvalue weighted by Crippen LogP contribution is 2.43. The average Bonchev–Trinajstić information content (AvgIpc) is 2.60. The van der Waals surface area contributed by atoms with E-state index in [0.29, 0.717) is 18.6 Å². The van der Waals surface area contributed by atoms with Gasteiger partial charge in [-0.1, -0.05) is 6.92 Å². The van der Waals surface area contributed by atoms with E-state index in [1.165, 1.54) is 11.1 Å². The number of rotatable bonds is 5. The van der Waals surface area contributed by atoms with Gasteiger partial charge in [0.05, 0.1) is 26.2 Å². The van der Waals surface area contributed by atoms with Crippen LogP contribution in [-0.2, 0) is 11.2 Å². The monoisotopic (exact) mass is 349 g/mol. The molecule has 0 aromatic heterocycles. The van der Waals surface area contributed by atoms with E-state index in [9.17, 15) is 9.90 Å². The molecule has 1 fully saturated rings. The predicted octanol–water partition coefficient (Wildman–Crippen LogP) is 2.09. The predicted molar refractivity (Wildman–Crippen MR) is 93.1 cm³/mol. The minimum Gasteiger partial charge on any atom is -0.493 e. The summed E-state index contributed by atoms with van der Waals surface area (Å²) < 4.78 is 10.8. The Morgan fingerprint density at radius 3 is 2.64 bits per heavy atom. The summed E-state index contributed by atoms with van der Waals surface area (Å²) in [5.74, 6) is 0.218. The van der Waals surface area contributed by atoms with Gasteiger partial charge in [-0.2, -0.15) is 0 Å². The minimum atomic E-state index is -0.796. The van der Waals surface area contributed by atoms with Crippen molar-refractivity contribution in [3.63, 3.8) is 0 Å². The number of nitrogens with zero attached hydrogens (tertiary/aromatic N) is 1. The topological polar surface area (TPSA) is 79.2 Å². The van der Waals surface area contributed by atoms with Crippen LogP contribution in [0.3, 0.4) is 0 Å². The van der Waals surface area contributed by atoms with E-state index in [1.54, 1.807) is 21.1 Å². The largest absolute Gasteiger partial charge is 0.493 e. The van der Waals surface area contributed by atoms with Gasteiger partial charge in [0.15, 0.2) is 11.5 Å². The number of carbonyl (C=O) groups is 1. The fourth-order valence-electron chi connectivity index (χ4n) is 4.21. The van der Waals surface area contributed by atoms with Crippen molar-refractivity contribution in [1.82, 2.24) is 4.90 Å². The molecule has 0 bridgehead atoms. The van der Waals surface area contributed by atoms with Crippen LogP contribution in [0.15, 0.2) is 12.1 Å². The van der Waals surface area contributed by atoms with Gasteiger partial charge in [-0.3, -0.25) is 9.69 Å². The number of aliphatic hydroxyl groups excluding tert-OH is 1. The van der Waals surface area contributed by atoms with Crippen LogP contribution in [0.5, 0.6) is 11.5 Å². The van der Waals surface area contributed by atoms with Crippen molar-refractivity contribution in [2.24, 2.45) is 11.8 Å². The maximum Gasteiger partial charge on any atom is 0.306 e. The summed E-state index contributed by atoms with van der Waals surface area (Å²) in [5, 5.41) is 19.8. The quantitative estimate of drug-likeness (QED) is 0.847. The van der Waals surface area contributed by atoms with Crippen LogP contribution < -0.4 is 9.47 Å². The average molecular weight is 349 g/mol. The molecule has 2 heterocycles. The number of aliphatic hydroxyl groups is 1. The summed E-state index contributed by atoms with van der Waals surface area (Å²) in [7, 11) is 3.27. The van der Waals surface area contributed by atoms with E-state index in [4.69, 9.17) is 14.6 Å². The summed E-state index contributed by atoms with van der Waals surface area (Å²) in [6.45, 7) is 3.36. The van der Waals surface area contributed by atoms with E-state index in [-0.39, 0.29) is 12.0 Å². The highest BCUT2D eigenvalue weighted by Gasteiger charge is 2.39. The van der Waals surface area contributed by atoms with E-state index in [1.807, 2.05) is 12.1 Å². The fourth-order valence-corrected chi connectivity index (χ4v) is 4.21. The van der Waals surface area contributed by atoms with Gasteiger partial charge in [-0.05, 0) is 48.4 Å². The Kier molecular flexibility index (Phi) is 5.20. The molecule has 6 heteroatoms. The Hall–Kier alpha value is -1.79. The van der Waals surface area contributed by atoms with Crippen LogP contribution in [0.2, 0.25) is 0 Å². The van der Waals surface area contributed by atoms with Crippen LogP contribution in [0.1, 0.15) is 36.9 Å². The molecule has 1 aromatic carbocycles. The molecule has 0 unspecified atom stereocenters. The van der Waals surface area contributed by atoms with Gasteiger partial charge in [-0.25, -0.2) is 0 Å². The summed E-state index contributed by atoms with van der Waals surface area (Å²) in [5.41, 5.74) is 2.43. The molecule has 0 radical (unpaired) electrons. The van der Waals surface area contributed by atoms with Gasteiger partial charge >= 0.3 is 5.97 Å². The van der Waals surface area contributed by atoms with Crippen LogP contribution in [0.25, 0.3) is 0 Å². The maximum absolute atomic E-state index is 11.1. The zero-order valence-electron chi connectivity index (χ0n) is 15.1. The molecule has 0 amide bonds. The molecular formula is C19H27NO5. The Bertz CT molecular complexity index is 647. The summed E-state index contributed by atoms with van der Waals surface area (Å²) in [6, 6.07) is 4.21. The molecule has 138 valence electrons. The number of aliphatic carboxylic acids is 1. The molecular weight excluding hydrogens is 322 g/mol. The number of methoxy groups -OCH3 is 2. The molecule has 0 spiro atoms. The van der Waals surface area contributed by atoms with Gasteiger partial charge in [0, 0.05) is 19.1 Å². The van der Waals surface area contributed by atoms with E-state index < -0.39 is 18.0 Å². The third kappa shape index (κ3) is 3.46. The highest BCUT2D eigenvalue weighted by molar-refractivity contribution is 5.69. The van der Waals surface area contributed by atoms with Crippen LogP contribution in [0, 0.1) is 11.8 Å². The first-order valence-corrected chi connectivity index (χ1v) is 8.84. The lowest BCUT2D eigenvalue weighted by Gasteiger charge is -2.46. The molecule has 1 aromatic rings. The number of carboxylic acid groups (broad SMARTS) is 1. The standard InChI is InChI=1S/C19H27NO5/c1-11(19(22)23)6-13-10-20-5-4-12-7-17(24-2)18(25-3)8-14(12)15(20)9-16(13)21/h7-8,11,13,15-16,21H,4-6,9-10H2,1-3H3,(H,22,23)/t11-,13+,15+,16-/m0/s1. The molecule has 2 aliphatic rings. The van der Waals surface area contributed by atoms with Gasteiger partial charge in [0.25, 0.3) is 0 Å². The van der Waals surface area contributed by atoms with E-state index in [2.05, 4.69) is 4.90 Å². The number of fused-ring (bicyclic) bond motifs is 3. The van der Waals surface area contributed by atoms with E-state index in [0.717, 1.165) is 25.3 Å². The van der Waals surface area contributed by atoms with E-state index >= 15 is 0 Å². The van der Waals surface area contributed by atoms with Crippen molar-refractivity contribution in [2.45, 2.75) is 38.3 Å². The number of carboxylic acids is 1. The zero-order chi connectivity index (χ0) is 18.1. The Morgan fingerprint density at radius 2 is 2.00 bits per heavy atom. The summed E-state index contributed by atoms with van der Waals surface area (Å²) in [6.07, 6.45) is 1.57. The van der Waals surface area contributed by atoms with Crippen molar-refractivity contribution < 1.29 is 24.5 Å². The molecule has 0 saturated carbocycles. The SMILES string of the molecule is COc1cc2c(cc1OC)[C@H]1C[C@H](O)[C@H](C[C@H](C)C(=O)O)CN1CC2. The van der Waals surface area contributed by atoms with Crippen LogP contribution in [0.4, 0.5) is 0 Å². The first-order valence-electron chi connectivity index (χ1n) is 8.84. The molecule has 25 heavy (non-hydrogen) atoms. The number of hydrogen-bond donors (Lipinski definition) is 2. The molecule has 1 saturated heterocycles. The number of benzene rings is 1. The van der Waals surface area contributed by atoms with Crippen molar-refractivity contribution in [3.8, 4) is 11.5 Å². The lowest BCUT2D eigenvalue weighted by molar-refractivity contribution is -0.142. The molecule has 4 atom stereocenters. The minimum absolute atomic E-state index is 0.00374. The van der Waals surface area contributed by atoms with Crippen LogP contribution >= 0.6 is 0 Å². The Labute approximate surface area is 148 Å². The lowest BCUT2D eigenvalue weighted by atomic mass is 9.79. The van der Waals surface area contributed by atoms with Crippen molar-refractivity contribution in [2.75, 3.05) is 27.3 Å². The Balaban J connectivity index is 1.82. The van der Waals surface area contributed by atoms with Crippen molar-refractivity contribution in [1.29, 1.82) is 0 Å². The normalized spacial score (nSPS) is 27.1. The molecule has 2 aliphatic heterocycles. The number of piperidine rings is 1. The summed E-state index contributed by atoms with van der Waals surface area (Å²) in [4.78, 5) is 13.5. The second kappa shape index (κ2) is 7.22. The smallest absolute Gasteiger partial charge is 0.306 e. The van der Waals surface area contributed by atoms with Gasteiger partial charge in [-0.15, -0.1) is 0 Å². The number of hydrogen-bond acceptors (Lipinski definition) is 5. The highest BCUT2D eigenvalue weighted by atomic mass is 16.5. The molecule has 3 rings (SSSR count). The summed E-state index contributed by atoms with van der Waals surface area (Å²) >= 11 is 0. The second-order valence-corrected chi connectivity index (χ2v) is 7.20. The van der Waals surface area contributed by atoms with Crippen molar-refractivity contribution >= 4 is 5.97 Å². The molecule has 6 nitrogen and oxygen atoms in total. The second-order valence-electron chi connectivity index (χ2n) is 7.20. The third-order valence-electron chi connectivity index (χ3n) is 5.67. The first-order chi connectivity index (χ1) is 11.9. The molecule has 2 N–H and O–H groups in total. The lowest BCUT2D eigenvalue weighted by Crippen LogP contribution is -2.48. The third-order valence-corrected chi connectivity index (χ3v) is 5.67. The van der Waals surface area contributed by atoms with Crippen LogP contribution in [-0.4, -0.2) is 54.5 Å². The van der Waals surface area contributed by atoms with Gasteiger partial charge in [0.1, 0.15) is 0 Å². The number of ether oxygens (including phenoxy) is 2. The maximum atomic E-state index is 11.1. The fraction of sp³-hybridized carbons (Fsp3) is 0.632. The van der Waals surface area contributed by atoms with Crippen molar-refractivity contribution in [3.05, 3.63) is 23.3 Å². The zero-order valence-corrected chi connectivity index (χ0v) is 15.1.